The monoisotopic (exact) mass is 224 g/mol. The highest BCUT2D eigenvalue weighted by Crippen LogP contribution is 2.31. The van der Waals surface area contributed by atoms with E-state index >= 15 is 0 Å². The zero-order valence-electron chi connectivity index (χ0n) is 11.0. The number of likely N-dealkylation sites (tertiary alicyclic amines) is 1. The van der Waals surface area contributed by atoms with Crippen LogP contribution >= 0.6 is 0 Å². The van der Waals surface area contributed by atoms with Crippen LogP contribution in [0.5, 0.6) is 0 Å². The highest BCUT2D eigenvalue weighted by Gasteiger charge is 2.34. The summed E-state index contributed by atoms with van der Waals surface area (Å²) in [6.07, 6.45) is 9.72. The molecule has 1 unspecified atom stereocenters. The minimum absolute atomic E-state index is 0.382. The van der Waals surface area contributed by atoms with Crippen LogP contribution < -0.4 is 5.73 Å². The van der Waals surface area contributed by atoms with E-state index in [4.69, 9.17) is 5.73 Å². The smallest absolute Gasteiger partial charge is 0.0168 e. The predicted octanol–water partition coefficient (Wildman–Crippen LogP) is 2.77. The Labute approximate surface area is 101 Å². The maximum absolute atomic E-state index is 6.11. The Hall–Kier alpha value is -0.0800. The van der Waals surface area contributed by atoms with Crippen molar-refractivity contribution in [2.45, 2.75) is 70.4 Å². The molecule has 2 fully saturated rings. The number of nitrogens with two attached hydrogens (primary N) is 1. The molecule has 1 heterocycles. The average Bonchev–Trinajstić information content (AvgIpc) is 2.26. The van der Waals surface area contributed by atoms with Gasteiger partial charge in [0.1, 0.15) is 0 Å². The number of hydrogen-bond acceptors (Lipinski definition) is 2. The van der Waals surface area contributed by atoms with E-state index in [-0.39, 0.29) is 0 Å². The molecule has 0 aromatic carbocycles. The molecule has 1 aliphatic heterocycles. The van der Waals surface area contributed by atoms with Gasteiger partial charge in [-0.05, 0) is 45.4 Å². The molecule has 0 spiro atoms. The normalized spacial score (nSPS) is 32.8. The molecule has 1 atom stereocenters. The van der Waals surface area contributed by atoms with E-state index in [1.54, 1.807) is 0 Å². The molecular formula is C14H28N2. The molecule has 94 valence electrons. The van der Waals surface area contributed by atoms with Gasteiger partial charge >= 0.3 is 0 Å². The highest BCUT2D eigenvalue weighted by molar-refractivity contribution is 4.91. The van der Waals surface area contributed by atoms with Crippen LogP contribution in [-0.2, 0) is 0 Å². The first-order chi connectivity index (χ1) is 7.58. The summed E-state index contributed by atoms with van der Waals surface area (Å²) in [5.74, 6) is 0.943. The van der Waals surface area contributed by atoms with Crippen LogP contribution in [0.4, 0.5) is 0 Å². The van der Waals surface area contributed by atoms with Crippen LogP contribution in [-0.4, -0.2) is 29.6 Å². The molecule has 0 radical (unpaired) electrons. The zero-order valence-corrected chi connectivity index (χ0v) is 11.0. The molecule has 2 heteroatoms. The van der Waals surface area contributed by atoms with E-state index in [9.17, 15) is 0 Å². The summed E-state index contributed by atoms with van der Waals surface area (Å²) in [7, 11) is 0. The first-order valence-corrected chi connectivity index (χ1v) is 7.08. The van der Waals surface area contributed by atoms with Crippen LogP contribution in [0.2, 0.25) is 0 Å². The van der Waals surface area contributed by atoms with E-state index in [1.165, 1.54) is 51.5 Å². The van der Waals surface area contributed by atoms with Crippen LogP contribution in [0.15, 0.2) is 0 Å². The third-order valence-electron chi connectivity index (χ3n) is 4.64. The van der Waals surface area contributed by atoms with Gasteiger partial charge < -0.3 is 5.73 Å². The minimum Gasteiger partial charge on any atom is -0.327 e. The molecule has 2 aliphatic rings. The van der Waals surface area contributed by atoms with E-state index < -0.39 is 0 Å². The Kier molecular flexibility index (Phi) is 3.91. The molecule has 0 bridgehead atoms. The van der Waals surface area contributed by atoms with Crippen molar-refractivity contribution in [1.82, 2.24) is 4.90 Å². The van der Waals surface area contributed by atoms with Crippen molar-refractivity contribution in [1.29, 1.82) is 0 Å². The summed E-state index contributed by atoms with van der Waals surface area (Å²) >= 11 is 0. The van der Waals surface area contributed by atoms with Gasteiger partial charge in [0.15, 0.2) is 0 Å². The summed E-state index contributed by atoms with van der Waals surface area (Å²) in [6.45, 7) is 7.19. The van der Waals surface area contributed by atoms with Gasteiger partial charge in [0.05, 0.1) is 0 Å². The van der Waals surface area contributed by atoms with Gasteiger partial charge in [-0.15, -0.1) is 0 Å². The molecule has 1 saturated heterocycles. The number of nitrogens with zero attached hydrogens (tertiary/aromatic N) is 1. The first kappa shape index (κ1) is 12.4. The average molecular weight is 224 g/mol. The molecule has 0 amide bonds. The van der Waals surface area contributed by atoms with Gasteiger partial charge in [0.2, 0.25) is 0 Å². The van der Waals surface area contributed by atoms with E-state index in [0.717, 1.165) is 12.5 Å². The maximum Gasteiger partial charge on any atom is 0.0168 e. The van der Waals surface area contributed by atoms with Gasteiger partial charge in [0, 0.05) is 24.7 Å². The lowest BCUT2D eigenvalue weighted by Crippen LogP contribution is -2.55. The summed E-state index contributed by atoms with van der Waals surface area (Å²) in [5.41, 5.74) is 6.49. The lowest BCUT2D eigenvalue weighted by atomic mass is 9.84. The van der Waals surface area contributed by atoms with Crippen molar-refractivity contribution in [3.63, 3.8) is 0 Å². The molecule has 2 N–H and O–H groups in total. The third-order valence-corrected chi connectivity index (χ3v) is 4.64. The van der Waals surface area contributed by atoms with Gasteiger partial charge in [-0.1, -0.05) is 19.3 Å². The summed E-state index contributed by atoms with van der Waals surface area (Å²) in [5, 5.41) is 0. The first-order valence-electron chi connectivity index (χ1n) is 7.08. The quantitative estimate of drug-likeness (QED) is 0.781. The van der Waals surface area contributed by atoms with E-state index in [2.05, 4.69) is 18.7 Å². The molecule has 2 nitrogen and oxygen atoms in total. The van der Waals surface area contributed by atoms with Crippen molar-refractivity contribution < 1.29 is 0 Å². The fourth-order valence-corrected chi connectivity index (χ4v) is 3.32. The molecule has 1 saturated carbocycles. The van der Waals surface area contributed by atoms with Crippen LogP contribution in [0, 0.1) is 5.92 Å². The fourth-order valence-electron chi connectivity index (χ4n) is 3.32. The topological polar surface area (TPSA) is 29.3 Å². The zero-order chi connectivity index (χ0) is 11.6. The van der Waals surface area contributed by atoms with Gasteiger partial charge in [-0.25, -0.2) is 0 Å². The van der Waals surface area contributed by atoms with Gasteiger partial charge in [-0.3, -0.25) is 4.90 Å². The largest absolute Gasteiger partial charge is 0.327 e. The van der Waals surface area contributed by atoms with E-state index in [1.807, 2.05) is 0 Å². The number of hydrogen-bond donors (Lipinski definition) is 1. The van der Waals surface area contributed by atoms with Gasteiger partial charge in [-0.2, -0.15) is 0 Å². The highest BCUT2D eigenvalue weighted by atomic mass is 15.2. The Bertz CT molecular complexity index is 219. The third kappa shape index (κ3) is 2.98. The van der Waals surface area contributed by atoms with Crippen molar-refractivity contribution in [2.24, 2.45) is 11.7 Å². The molecule has 0 aromatic rings. The predicted molar refractivity (Wildman–Crippen MR) is 69.4 cm³/mol. The second-order valence-electron chi connectivity index (χ2n) is 6.52. The van der Waals surface area contributed by atoms with Gasteiger partial charge in [0.25, 0.3) is 0 Å². The molecule has 1 aliphatic carbocycles. The second-order valence-corrected chi connectivity index (χ2v) is 6.52. The molecule has 2 rings (SSSR count). The Morgan fingerprint density at radius 3 is 2.50 bits per heavy atom. The summed E-state index contributed by atoms with van der Waals surface area (Å²) in [6, 6.07) is 0.414. The standard InChI is InChI=1S/C14H28N2/c1-14(2)9-8-13(15)11-16(14)10-12-6-4-3-5-7-12/h12-13H,3-11,15H2,1-2H3. The van der Waals surface area contributed by atoms with Crippen molar-refractivity contribution in [3.05, 3.63) is 0 Å². The lowest BCUT2D eigenvalue weighted by molar-refractivity contribution is 0.0442. The van der Waals surface area contributed by atoms with Crippen molar-refractivity contribution in [3.8, 4) is 0 Å². The molecular weight excluding hydrogens is 196 g/mol. The summed E-state index contributed by atoms with van der Waals surface area (Å²) in [4.78, 5) is 2.66. The van der Waals surface area contributed by atoms with Crippen molar-refractivity contribution in [2.75, 3.05) is 13.1 Å². The lowest BCUT2D eigenvalue weighted by Gasteiger charge is -2.46. The van der Waals surface area contributed by atoms with Crippen LogP contribution in [0.25, 0.3) is 0 Å². The molecule has 0 aromatic heterocycles. The Morgan fingerprint density at radius 2 is 1.81 bits per heavy atom. The Morgan fingerprint density at radius 1 is 1.12 bits per heavy atom. The Balaban J connectivity index is 1.90. The SMILES string of the molecule is CC1(C)CCC(N)CN1CC1CCCCC1. The number of rotatable bonds is 2. The molecule has 16 heavy (non-hydrogen) atoms. The van der Waals surface area contributed by atoms with Crippen LogP contribution in [0.3, 0.4) is 0 Å². The van der Waals surface area contributed by atoms with Crippen molar-refractivity contribution >= 4 is 0 Å². The van der Waals surface area contributed by atoms with E-state index in [0.29, 0.717) is 11.6 Å². The second kappa shape index (κ2) is 5.05. The maximum atomic E-state index is 6.11. The fraction of sp³-hybridized carbons (Fsp3) is 1.00. The van der Waals surface area contributed by atoms with Crippen LogP contribution in [0.1, 0.15) is 58.8 Å². The summed E-state index contributed by atoms with van der Waals surface area (Å²) < 4.78 is 0. The number of piperidine rings is 1. The minimum atomic E-state index is 0.382.